The number of anilines is 2. The number of para-hydroxylation sites is 1. The van der Waals surface area contributed by atoms with Crippen LogP contribution in [0.5, 0.6) is 5.75 Å². The van der Waals surface area contributed by atoms with Crippen LogP contribution in [-0.4, -0.2) is 27.4 Å². The number of aliphatic hydroxyl groups is 1. The number of halogens is 1. The van der Waals surface area contributed by atoms with Crippen molar-refractivity contribution in [2.45, 2.75) is 13.2 Å². The topological polar surface area (TPSA) is 119 Å². The number of aryl methyl sites for hydroxylation is 1. The highest BCUT2D eigenvalue weighted by molar-refractivity contribution is 7.22. The van der Waals surface area contributed by atoms with Gasteiger partial charge in [-0.2, -0.15) is 0 Å². The van der Waals surface area contributed by atoms with Crippen LogP contribution in [0.15, 0.2) is 34.7 Å². The van der Waals surface area contributed by atoms with Crippen molar-refractivity contribution in [2.24, 2.45) is 5.73 Å². The van der Waals surface area contributed by atoms with Gasteiger partial charge in [0.2, 0.25) is 5.89 Å². The van der Waals surface area contributed by atoms with Crippen LogP contribution in [0.1, 0.15) is 17.4 Å². The fourth-order valence-corrected chi connectivity index (χ4v) is 3.97. The number of ether oxygens (including phenoxy) is 1. The minimum Gasteiger partial charge on any atom is -0.494 e. The van der Waals surface area contributed by atoms with E-state index >= 15 is 0 Å². The fourth-order valence-electron chi connectivity index (χ4n) is 2.76. The average molecular weight is 418 g/mol. The molecule has 0 aliphatic heterocycles. The summed E-state index contributed by atoms with van der Waals surface area (Å²) in [6.45, 7) is 1.85. The first-order valence-corrected chi connectivity index (χ1v) is 9.44. The quantitative estimate of drug-likeness (QED) is 0.416. The standard InChI is InChI=1S/C18H16ClN5O3S/c1-8-6-11(19)10(15(20)25)7-9(8)16-23-24-17(27-16)22-18-21-14-12(26-2)4-3-5-13(14)28-18/h3-7,15,25H,20H2,1-2H3,(H,21,22,24). The molecule has 2 aromatic carbocycles. The van der Waals surface area contributed by atoms with Gasteiger partial charge in [-0.25, -0.2) is 4.98 Å². The molecule has 0 saturated heterocycles. The van der Waals surface area contributed by atoms with Crippen LogP contribution in [0.2, 0.25) is 5.02 Å². The number of nitrogens with two attached hydrogens (primary N) is 1. The Morgan fingerprint density at radius 3 is 2.89 bits per heavy atom. The molecule has 1 atom stereocenters. The van der Waals surface area contributed by atoms with Crippen LogP contribution < -0.4 is 15.8 Å². The Labute approximate surface area is 168 Å². The monoisotopic (exact) mass is 417 g/mol. The number of rotatable bonds is 5. The molecule has 2 heterocycles. The third-order valence-corrected chi connectivity index (χ3v) is 5.40. The number of fused-ring (bicyclic) bond motifs is 1. The molecule has 28 heavy (non-hydrogen) atoms. The molecule has 0 aliphatic rings. The molecule has 4 N–H and O–H groups in total. The summed E-state index contributed by atoms with van der Waals surface area (Å²) in [6.07, 6.45) is -1.20. The fraction of sp³-hybridized carbons (Fsp3) is 0.167. The molecule has 0 spiro atoms. The van der Waals surface area contributed by atoms with Crippen molar-refractivity contribution in [3.8, 4) is 17.2 Å². The summed E-state index contributed by atoms with van der Waals surface area (Å²) < 4.78 is 12.0. The van der Waals surface area contributed by atoms with Crippen LogP contribution >= 0.6 is 22.9 Å². The lowest BCUT2D eigenvalue weighted by Gasteiger charge is -2.10. The second kappa shape index (κ2) is 7.36. The molecular weight excluding hydrogens is 402 g/mol. The smallest absolute Gasteiger partial charge is 0.322 e. The average Bonchev–Trinajstić information content (AvgIpc) is 3.27. The third-order valence-electron chi connectivity index (χ3n) is 4.13. The molecule has 0 bridgehead atoms. The first-order chi connectivity index (χ1) is 13.5. The number of hydrogen-bond donors (Lipinski definition) is 3. The predicted molar refractivity (Wildman–Crippen MR) is 108 cm³/mol. The van der Waals surface area contributed by atoms with Crippen LogP contribution in [-0.2, 0) is 0 Å². The van der Waals surface area contributed by atoms with Crippen molar-refractivity contribution in [3.05, 3.63) is 46.5 Å². The van der Waals surface area contributed by atoms with Crippen molar-refractivity contribution in [1.82, 2.24) is 15.2 Å². The Bertz CT molecular complexity index is 1160. The summed E-state index contributed by atoms with van der Waals surface area (Å²) in [5.41, 5.74) is 8.14. The molecule has 8 nitrogen and oxygen atoms in total. The van der Waals surface area contributed by atoms with Crippen molar-refractivity contribution in [3.63, 3.8) is 0 Å². The van der Waals surface area contributed by atoms with Gasteiger partial charge in [-0.3, -0.25) is 5.32 Å². The van der Waals surface area contributed by atoms with Gasteiger partial charge in [0.25, 0.3) is 0 Å². The maximum absolute atomic E-state index is 9.68. The molecule has 1 unspecified atom stereocenters. The van der Waals surface area contributed by atoms with E-state index in [4.69, 9.17) is 26.5 Å². The van der Waals surface area contributed by atoms with Crippen molar-refractivity contribution >= 4 is 44.3 Å². The maximum atomic E-state index is 9.68. The largest absolute Gasteiger partial charge is 0.494 e. The van der Waals surface area contributed by atoms with Gasteiger partial charge in [0, 0.05) is 16.1 Å². The minimum absolute atomic E-state index is 0.192. The number of aromatic nitrogens is 3. The molecule has 144 valence electrons. The number of benzene rings is 2. The number of thiazole rings is 1. The summed E-state index contributed by atoms with van der Waals surface area (Å²) in [7, 11) is 1.60. The van der Waals surface area contributed by atoms with Crippen molar-refractivity contribution in [1.29, 1.82) is 0 Å². The van der Waals surface area contributed by atoms with Crippen LogP contribution in [0.4, 0.5) is 11.1 Å². The highest BCUT2D eigenvalue weighted by Crippen LogP contribution is 2.35. The summed E-state index contributed by atoms with van der Waals surface area (Å²) in [4.78, 5) is 4.51. The van der Waals surface area contributed by atoms with Crippen LogP contribution in [0, 0.1) is 6.92 Å². The first kappa shape index (κ1) is 18.6. The number of nitrogens with zero attached hydrogens (tertiary/aromatic N) is 3. The van der Waals surface area contributed by atoms with Gasteiger partial charge in [-0.1, -0.05) is 34.1 Å². The summed E-state index contributed by atoms with van der Waals surface area (Å²) >= 11 is 7.56. The SMILES string of the molecule is COc1cccc2sc(Nc3nnc(-c4cc(C(N)O)c(Cl)cc4C)o3)nc12. The lowest BCUT2D eigenvalue weighted by molar-refractivity contribution is 0.186. The zero-order valence-electron chi connectivity index (χ0n) is 14.9. The lowest BCUT2D eigenvalue weighted by Crippen LogP contribution is -2.09. The second-order valence-corrected chi connectivity index (χ2v) is 7.43. The number of methoxy groups -OCH3 is 1. The Balaban J connectivity index is 1.65. The molecule has 0 fully saturated rings. The zero-order valence-corrected chi connectivity index (χ0v) is 16.5. The minimum atomic E-state index is -1.20. The first-order valence-electron chi connectivity index (χ1n) is 8.24. The molecule has 4 rings (SSSR count). The predicted octanol–water partition coefficient (Wildman–Crippen LogP) is 4.01. The molecule has 0 amide bonds. The maximum Gasteiger partial charge on any atom is 0.322 e. The van der Waals surface area contributed by atoms with Gasteiger partial charge >= 0.3 is 6.01 Å². The normalized spacial score (nSPS) is 12.3. The molecule has 10 heteroatoms. The Hall–Kier alpha value is -2.72. The van der Waals surface area contributed by atoms with Gasteiger partial charge in [0.05, 0.1) is 11.8 Å². The van der Waals surface area contributed by atoms with E-state index in [1.54, 1.807) is 19.2 Å². The molecule has 0 saturated carbocycles. The number of hydrogen-bond acceptors (Lipinski definition) is 9. The Morgan fingerprint density at radius 1 is 1.32 bits per heavy atom. The van der Waals surface area contributed by atoms with E-state index < -0.39 is 6.23 Å². The molecule has 0 radical (unpaired) electrons. The van der Waals surface area contributed by atoms with Gasteiger partial charge in [0.1, 0.15) is 17.5 Å². The van der Waals surface area contributed by atoms with Crippen molar-refractivity contribution in [2.75, 3.05) is 12.4 Å². The van der Waals surface area contributed by atoms with Crippen LogP contribution in [0.3, 0.4) is 0 Å². The van der Waals surface area contributed by atoms with E-state index in [2.05, 4.69) is 20.5 Å². The Morgan fingerprint density at radius 2 is 2.14 bits per heavy atom. The number of nitrogens with one attached hydrogen (secondary N) is 1. The van der Waals surface area contributed by atoms with E-state index in [1.807, 2.05) is 25.1 Å². The number of aliphatic hydroxyl groups excluding tert-OH is 1. The molecule has 0 aliphatic carbocycles. The van der Waals surface area contributed by atoms with E-state index in [-0.39, 0.29) is 11.9 Å². The zero-order chi connectivity index (χ0) is 19.8. The summed E-state index contributed by atoms with van der Waals surface area (Å²) in [5.74, 6) is 0.968. The van der Waals surface area contributed by atoms with E-state index in [1.165, 1.54) is 11.3 Å². The van der Waals surface area contributed by atoms with E-state index in [9.17, 15) is 5.11 Å². The van der Waals surface area contributed by atoms with E-state index in [0.29, 0.717) is 27.0 Å². The van der Waals surface area contributed by atoms with Gasteiger partial charge in [0.15, 0.2) is 5.13 Å². The van der Waals surface area contributed by atoms with Crippen molar-refractivity contribution < 1.29 is 14.3 Å². The van der Waals surface area contributed by atoms with E-state index in [0.717, 1.165) is 15.8 Å². The third kappa shape index (κ3) is 3.40. The summed E-state index contributed by atoms with van der Waals surface area (Å²) in [6, 6.07) is 9.24. The van der Waals surface area contributed by atoms with Gasteiger partial charge < -0.3 is 20.0 Å². The van der Waals surface area contributed by atoms with Gasteiger partial charge in [-0.05, 0) is 36.8 Å². The van der Waals surface area contributed by atoms with Gasteiger partial charge in [-0.15, -0.1) is 5.10 Å². The highest BCUT2D eigenvalue weighted by Gasteiger charge is 2.17. The highest BCUT2D eigenvalue weighted by atomic mass is 35.5. The molecule has 4 aromatic rings. The molecule has 2 aromatic heterocycles. The van der Waals surface area contributed by atoms with Crippen LogP contribution in [0.25, 0.3) is 21.7 Å². The summed E-state index contributed by atoms with van der Waals surface area (Å²) in [5, 5.41) is 21.7. The molecular formula is C18H16ClN5O3S. The lowest BCUT2D eigenvalue weighted by atomic mass is 10.0. The Kier molecular flexibility index (Phi) is 4.90. The second-order valence-electron chi connectivity index (χ2n) is 6.00.